The van der Waals surface area contributed by atoms with Gasteiger partial charge in [0.15, 0.2) is 0 Å². The van der Waals surface area contributed by atoms with E-state index in [4.69, 9.17) is 10.9 Å². The van der Waals surface area contributed by atoms with Crippen molar-refractivity contribution in [3.05, 3.63) is 35.9 Å². The molecule has 0 aliphatic carbocycles. The summed E-state index contributed by atoms with van der Waals surface area (Å²) in [7, 11) is 0. The van der Waals surface area contributed by atoms with E-state index < -0.39 is 5.97 Å². The molecule has 0 spiro atoms. The van der Waals surface area contributed by atoms with Gasteiger partial charge in [-0.3, -0.25) is 0 Å². The maximum absolute atomic E-state index is 11.0. The minimum atomic E-state index is -0.995. The SMILES string of the molecule is NNc1cc(C(=O)O)c2ccccc2n1. The molecule has 1 aromatic heterocycles. The van der Waals surface area contributed by atoms with E-state index in [9.17, 15) is 4.79 Å². The molecular formula is C10H9N3O2. The molecule has 0 atom stereocenters. The van der Waals surface area contributed by atoms with Gasteiger partial charge in [0.1, 0.15) is 5.82 Å². The van der Waals surface area contributed by atoms with Gasteiger partial charge in [0.25, 0.3) is 0 Å². The third kappa shape index (κ3) is 1.60. The Kier molecular flexibility index (Phi) is 2.23. The predicted molar refractivity (Wildman–Crippen MR) is 56.5 cm³/mol. The fourth-order valence-corrected chi connectivity index (χ4v) is 1.43. The monoisotopic (exact) mass is 203 g/mol. The molecule has 5 heteroatoms. The number of aromatic nitrogens is 1. The number of fused-ring (bicyclic) bond motifs is 1. The first-order valence-corrected chi connectivity index (χ1v) is 4.32. The fourth-order valence-electron chi connectivity index (χ4n) is 1.43. The van der Waals surface area contributed by atoms with Gasteiger partial charge in [0, 0.05) is 5.39 Å². The number of nitrogen functional groups attached to an aromatic ring is 1. The summed E-state index contributed by atoms with van der Waals surface area (Å²) in [5.41, 5.74) is 3.13. The molecular weight excluding hydrogens is 194 g/mol. The van der Waals surface area contributed by atoms with Gasteiger partial charge in [-0.05, 0) is 12.1 Å². The Labute approximate surface area is 85.5 Å². The van der Waals surface area contributed by atoms with E-state index >= 15 is 0 Å². The first-order chi connectivity index (χ1) is 7.22. The molecule has 2 rings (SSSR count). The summed E-state index contributed by atoms with van der Waals surface area (Å²) in [4.78, 5) is 15.1. The van der Waals surface area contributed by atoms with Crippen LogP contribution in [0.15, 0.2) is 30.3 Å². The third-order valence-corrected chi connectivity index (χ3v) is 2.09. The number of hydrogen-bond donors (Lipinski definition) is 3. The van der Waals surface area contributed by atoms with Crippen molar-refractivity contribution in [2.45, 2.75) is 0 Å². The maximum Gasteiger partial charge on any atom is 0.336 e. The third-order valence-electron chi connectivity index (χ3n) is 2.09. The van der Waals surface area contributed by atoms with Gasteiger partial charge < -0.3 is 10.5 Å². The number of nitrogens with zero attached hydrogens (tertiary/aromatic N) is 1. The number of benzene rings is 1. The second-order valence-electron chi connectivity index (χ2n) is 3.02. The first kappa shape index (κ1) is 9.42. The van der Waals surface area contributed by atoms with Crippen molar-refractivity contribution in [1.82, 2.24) is 4.98 Å². The van der Waals surface area contributed by atoms with Crippen LogP contribution >= 0.6 is 0 Å². The number of hydrogen-bond acceptors (Lipinski definition) is 4. The molecule has 0 radical (unpaired) electrons. The number of pyridine rings is 1. The average molecular weight is 203 g/mol. The van der Waals surface area contributed by atoms with Crippen LogP contribution < -0.4 is 11.3 Å². The van der Waals surface area contributed by atoms with Crippen LogP contribution in [0.25, 0.3) is 10.9 Å². The van der Waals surface area contributed by atoms with Crippen molar-refractivity contribution in [2.75, 3.05) is 5.43 Å². The van der Waals surface area contributed by atoms with Crippen LogP contribution in [0.2, 0.25) is 0 Å². The Morgan fingerprint density at radius 1 is 1.40 bits per heavy atom. The van der Waals surface area contributed by atoms with Crippen LogP contribution in [-0.2, 0) is 0 Å². The summed E-state index contributed by atoms with van der Waals surface area (Å²) in [5, 5.41) is 9.61. The zero-order valence-electron chi connectivity index (χ0n) is 7.77. The van der Waals surface area contributed by atoms with Gasteiger partial charge in [0.05, 0.1) is 11.1 Å². The van der Waals surface area contributed by atoms with Crippen molar-refractivity contribution in [3.8, 4) is 0 Å². The Hall–Kier alpha value is -2.14. The first-order valence-electron chi connectivity index (χ1n) is 4.32. The highest BCUT2D eigenvalue weighted by Gasteiger charge is 2.10. The molecule has 0 saturated carbocycles. The predicted octanol–water partition coefficient (Wildman–Crippen LogP) is 1.22. The van der Waals surface area contributed by atoms with Gasteiger partial charge in [0.2, 0.25) is 0 Å². The zero-order valence-corrected chi connectivity index (χ0v) is 7.77. The molecule has 0 aliphatic rings. The molecule has 0 fully saturated rings. The van der Waals surface area contributed by atoms with Gasteiger partial charge in [-0.15, -0.1) is 0 Å². The summed E-state index contributed by atoms with van der Waals surface area (Å²) < 4.78 is 0. The number of rotatable bonds is 2. The normalized spacial score (nSPS) is 10.2. The van der Waals surface area contributed by atoms with Crippen molar-refractivity contribution in [2.24, 2.45) is 5.84 Å². The summed E-state index contributed by atoms with van der Waals surface area (Å²) in [5.74, 6) is 4.55. The number of hydrazine groups is 1. The van der Waals surface area contributed by atoms with E-state index in [1.165, 1.54) is 6.07 Å². The molecule has 0 amide bonds. The molecule has 0 saturated heterocycles. The summed E-state index contributed by atoms with van der Waals surface area (Å²) >= 11 is 0. The van der Waals surface area contributed by atoms with Crippen LogP contribution in [0.4, 0.5) is 5.82 Å². The van der Waals surface area contributed by atoms with Crippen molar-refractivity contribution >= 4 is 22.7 Å². The highest BCUT2D eigenvalue weighted by atomic mass is 16.4. The van der Waals surface area contributed by atoms with Crippen LogP contribution in [0, 0.1) is 0 Å². The van der Waals surface area contributed by atoms with E-state index in [2.05, 4.69) is 10.4 Å². The van der Waals surface area contributed by atoms with Gasteiger partial charge in [-0.1, -0.05) is 18.2 Å². The lowest BCUT2D eigenvalue weighted by Gasteiger charge is -2.05. The van der Waals surface area contributed by atoms with Gasteiger partial charge >= 0.3 is 5.97 Å². The number of para-hydroxylation sites is 1. The number of carbonyl (C=O) groups is 1. The number of anilines is 1. The molecule has 4 N–H and O–H groups in total. The summed E-state index contributed by atoms with van der Waals surface area (Å²) in [6, 6.07) is 8.42. The standard InChI is InChI=1S/C10H9N3O2/c11-13-9-5-7(10(14)15)6-3-1-2-4-8(6)12-9/h1-5H,11H2,(H,12,13)(H,14,15). The molecule has 5 nitrogen and oxygen atoms in total. The zero-order chi connectivity index (χ0) is 10.8. The Bertz CT molecular complexity index is 525. The number of nitrogens with two attached hydrogens (primary N) is 1. The van der Waals surface area contributed by atoms with E-state index in [0.29, 0.717) is 16.7 Å². The lowest BCUT2D eigenvalue weighted by atomic mass is 10.1. The topological polar surface area (TPSA) is 88.2 Å². The number of nitrogens with one attached hydrogen (secondary N) is 1. The minimum Gasteiger partial charge on any atom is -0.478 e. The Morgan fingerprint density at radius 2 is 2.13 bits per heavy atom. The molecule has 0 bridgehead atoms. The lowest BCUT2D eigenvalue weighted by molar-refractivity contribution is 0.0699. The lowest BCUT2D eigenvalue weighted by Crippen LogP contribution is -2.10. The molecule has 1 aromatic carbocycles. The van der Waals surface area contributed by atoms with E-state index in [1.54, 1.807) is 24.3 Å². The molecule has 0 aliphatic heterocycles. The van der Waals surface area contributed by atoms with Gasteiger partial charge in [-0.2, -0.15) is 0 Å². The summed E-state index contributed by atoms with van der Waals surface area (Å²) in [6.07, 6.45) is 0. The molecule has 1 heterocycles. The number of carboxylic acids is 1. The highest BCUT2D eigenvalue weighted by Crippen LogP contribution is 2.20. The van der Waals surface area contributed by atoms with E-state index in [0.717, 1.165) is 0 Å². The molecule has 0 unspecified atom stereocenters. The smallest absolute Gasteiger partial charge is 0.336 e. The summed E-state index contributed by atoms with van der Waals surface area (Å²) in [6.45, 7) is 0. The second kappa shape index (κ2) is 3.55. The molecule has 2 aromatic rings. The van der Waals surface area contributed by atoms with Crippen LogP contribution in [0.3, 0.4) is 0 Å². The van der Waals surface area contributed by atoms with Crippen molar-refractivity contribution in [1.29, 1.82) is 0 Å². The Balaban J connectivity index is 2.80. The van der Waals surface area contributed by atoms with Gasteiger partial charge in [-0.25, -0.2) is 15.6 Å². The van der Waals surface area contributed by atoms with Crippen LogP contribution in [0.1, 0.15) is 10.4 Å². The van der Waals surface area contributed by atoms with E-state index in [-0.39, 0.29) is 5.56 Å². The quantitative estimate of drug-likeness (QED) is 0.504. The van der Waals surface area contributed by atoms with Crippen molar-refractivity contribution in [3.63, 3.8) is 0 Å². The minimum absolute atomic E-state index is 0.188. The number of carboxylic acid groups (broad SMARTS) is 1. The largest absolute Gasteiger partial charge is 0.478 e. The molecule has 15 heavy (non-hydrogen) atoms. The average Bonchev–Trinajstić information content (AvgIpc) is 2.27. The van der Waals surface area contributed by atoms with E-state index in [1.807, 2.05) is 0 Å². The van der Waals surface area contributed by atoms with Crippen LogP contribution in [-0.4, -0.2) is 16.1 Å². The highest BCUT2D eigenvalue weighted by molar-refractivity contribution is 6.03. The molecule has 76 valence electrons. The fraction of sp³-hybridized carbons (Fsp3) is 0. The Morgan fingerprint density at radius 3 is 2.80 bits per heavy atom. The number of aromatic carboxylic acids is 1. The van der Waals surface area contributed by atoms with Crippen molar-refractivity contribution < 1.29 is 9.90 Å². The van der Waals surface area contributed by atoms with Crippen LogP contribution in [0.5, 0.6) is 0 Å². The maximum atomic E-state index is 11.0. The second-order valence-corrected chi connectivity index (χ2v) is 3.02.